The van der Waals surface area contributed by atoms with Crippen LogP contribution < -0.4 is 5.32 Å². The highest BCUT2D eigenvalue weighted by molar-refractivity contribution is 9.10. The summed E-state index contributed by atoms with van der Waals surface area (Å²) in [7, 11) is -3.98. The number of phenolic OH excluding ortho intramolecular Hbond substituents is 2. The maximum Gasteiger partial charge on any atom is 0.255 e. The summed E-state index contributed by atoms with van der Waals surface area (Å²) in [5.41, 5.74) is 1.07. The van der Waals surface area contributed by atoms with Crippen LogP contribution in [0.4, 0.5) is 0 Å². The first-order valence-corrected chi connectivity index (χ1v) is 13.3. The number of amides is 1. The first-order chi connectivity index (χ1) is 15.7. The largest absolute Gasteiger partial charge is 0.507 e. The molecule has 1 aliphatic heterocycles. The molecule has 3 N–H and O–H groups in total. The lowest BCUT2D eigenvalue weighted by Gasteiger charge is -2.26. The van der Waals surface area contributed by atoms with Crippen molar-refractivity contribution >= 4 is 31.7 Å². The molecule has 8 nitrogen and oxygen atoms in total. The molecule has 1 saturated carbocycles. The molecule has 33 heavy (non-hydrogen) atoms. The van der Waals surface area contributed by atoms with E-state index >= 15 is 0 Å². The maximum atomic E-state index is 13.0. The van der Waals surface area contributed by atoms with Gasteiger partial charge < -0.3 is 20.3 Å². The van der Waals surface area contributed by atoms with Gasteiger partial charge in [-0.3, -0.25) is 9.69 Å². The number of ether oxygens (including phenoxy) is 1. The predicted octanol–water partition coefficient (Wildman–Crippen LogP) is 2.77. The summed E-state index contributed by atoms with van der Waals surface area (Å²) >= 11 is 3.22. The lowest BCUT2D eigenvalue weighted by molar-refractivity contribution is 0.0383. The summed E-state index contributed by atoms with van der Waals surface area (Å²) in [6.07, 6.45) is 1.92. The Bertz CT molecular complexity index is 1140. The molecule has 0 spiro atoms. The molecule has 1 heterocycles. The summed E-state index contributed by atoms with van der Waals surface area (Å²) < 4.78 is 31.9. The minimum Gasteiger partial charge on any atom is -0.507 e. The van der Waals surface area contributed by atoms with Crippen LogP contribution in [0, 0.1) is 0 Å². The van der Waals surface area contributed by atoms with E-state index < -0.39 is 21.5 Å². The number of aromatic hydroxyl groups is 2. The number of carbonyl (C=O) groups excluding carboxylic acids is 1. The highest BCUT2D eigenvalue weighted by atomic mass is 79.9. The number of sulfone groups is 1. The number of hydrogen-bond donors (Lipinski definition) is 3. The van der Waals surface area contributed by atoms with Crippen molar-refractivity contribution < 1.29 is 28.2 Å². The van der Waals surface area contributed by atoms with Gasteiger partial charge >= 0.3 is 0 Å². The minimum absolute atomic E-state index is 0.0741. The van der Waals surface area contributed by atoms with Gasteiger partial charge in [0, 0.05) is 36.2 Å². The second-order valence-corrected chi connectivity index (χ2v) is 11.3. The van der Waals surface area contributed by atoms with Crippen molar-refractivity contribution in [1.29, 1.82) is 0 Å². The number of hydrogen-bond acceptors (Lipinski definition) is 7. The van der Waals surface area contributed by atoms with E-state index in [1.807, 2.05) is 0 Å². The van der Waals surface area contributed by atoms with Gasteiger partial charge in [0.15, 0.2) is 9.84 Å². The molecule has 0 unspecified atom stereocenters. The van der Waals surface area contributed by atoms with Crippen molar-refractivity contribution in [1.82, 2.24) is 10.2 Å². The SMILES string of the molecule is O=C(NCCN1CCOCC1)c1cc(C2CC2)cc(CS(=O)(=O)c2cc(Br)ccc2O)c1O. The van der Waals surface area contributed by atoms with E-state index in [1.165, 1.54) is 12.1 Å². The van der Waals surface area contributed by atoms with Gasteiger partial charge in [0.2, 0.25) is 0 Å². The van der Waals surface area contributed by atoms with Crippen molar-refractivity contribution in [3.05, 3.63) is 51.5 Å². The molecular formula is C23H27BrN2O6S. The van der Waals surface area contributed by atoms with Crippen LogP contribution in [0.1, 0.15) is 40.2 Å². The van der Waals surface area contributed by atoms with Crippen molar-refractivity contribution in [3.8, 4) is 11.5 Å². The van der Waals surface area contributed by atoms with Crippen molar-refractivity contribution in [3.63, 3.8) is 0 Å². The minimum atomic E-state index is -3.98. The number of carbonyl (C=O) groups is 1. The van der Waals surface area contributed by atoms with E-state index in [1.54, 1.807) is 18.2 Å². The fourth-order valence-electron chi connectivity index (χ4n) is 3.92. The van der Waals surface area contributed by atoms with E-state index in [0.29, 0.717) is 30.8 Å². The molecule has 2 fully saturated rings. The van der Waals surface area contributed by atoms with Gasteiger partial charge in [0.25, 0.3) is 5.91 Å². The van der Waals surface area contributed by atoms with Crippen LogP contribution in [-0.4, -0.2) is 68.8 Å². The van der Waals surface area contributed by atoms with Crippen LogP contribution in [-0.2, 0) is 20.3 Å². The topological polar surface area (TPSA) is 116 Å². The van der Waals surface area contributed by atoms with Crippen LogP contribution in [0.25, 0.3) is 0 Å². The van der Waals surface area contributed by atoms with Gasteiger partial charge in [-0.25, -0.2) is 8.42 Å². The molecule has 2 aliphatic rings. The zero-order valence-corrected chi connectivity index (χ0v) is 20.5. The van der Waals surface area contributed by atoms with E-state index in [-0.39, 0.29) is 33.4 Å². The summed E-state index contributed by atoms with van der Waals surface area (Å²) in [5, 5.41) is 23.8. The Morgan fingerprint density at radius 1 is 1.15 bits per heavy atom. The molecule has 0 radical (unpaired) electrons. The fourth-order valence-corrected chi connectivity index (χ4v) is 5.91. The van der Waals surface area contributed by atoms with Gasteiger partial charge in [-0.2, -0.15) is 0 Å². The molecule has 10 heteroatoms. The average molecular weight is 539 g/mol. The Balaban J connectivity index is 1.56. The molecule has 4 rings (SSSR count). The molecular weight excluding hydrogens is 512 g/mol. The predicted molar refractivity (Wildman–Crippen MR) is 126 cm³/mol. The first kappa shape index (κ1) is 24.0. The van der Waals surface area contributed by atoms with E-state index in [9.17, 15) is 23.4 Å². The number of phenols is 2. The molecule has 1 amide bonds. The van der Waals surface area contributed by atoms with Crippen LogP contribution in [0.2, 0.25) is 0 Å². The molecule has 0 aromatic heterocycles. The summed E-state index contributed by atoms with van der Waals surface area (Å²) in [6.45, 7) is 4.03. The molecule has 2 aromatic rings. The number of halogens is 1. The van der Waals surface area contributed by atoms with Crippen molar-refractivity contribution in [2.45, 2.75) is 29.4 Å². The summed E-state index contributed by atoms with van der Waals surface area (Å²) in [4.78, 5) is 14.8. The molecule has 178 valence electrons. The highest BCUT2D eigenvalue weighted by Gasteiger charge is 2.29. The Labute approximate surface area is 201 Å². The highest BCUT2D eigenvalue weighted by Crippen LogP contribution is 2.43. The lowest BCUT2D eigenvalue weighted by atomic mass is 10.0. The maximum absolute atomic E-state index is 13.0. The Morgan fingerprint density at radius 3 is 2.58 bits per heavy atom. The lowest BCUT2D eigenvalue weighted by Crippen LogP contribution is -2.41. The van der Waals surface area contributed by atoms with E-state index in [0.717, 1.165) is 31.5 Å². The van der Waals surface area contributed by atoms with Crippen LogP contribution in [0.5, 0.6) is 11.5 Å². The third-order valence-corrected chi connectivity index (χ3v) is 8.11. The normalized spacial score (nSPS) is 17.1. The molecule has 0 atom stereocenters. The zero-order chi connectivity index (χ0) is 23.6. The van der Waals surface area contributed by atoms with Gasteiger partial charge in [-0.15, -0.1) is 0 Å². The average Bonchev–Trinajstić information content (AvgIpc) is 3.63. The molecule has 0 bridgehead atoms. The fraction of sp³-hybridized carbons (Fsp3) is 0.435. The van der Waals surface area contributed by atoms with Gasteiger partial charge in [-0.1, -0.05) is 22.0 Å². The number of nitrogens with one attached hydrogen (secondary N) is 1. The van der Waals surface area contributed by atoms with Crippen molar-refractivity contribution in [2.75, 3.05) is 39.4 Å². The summed E-state index contributed by atoms with van der Waals surface area (Å²) in [5.74, 6) is -1.42. The van der Waals surface area contributed by atoms with Gasteiger partial charge in [0.1, 0.15) is 16.4 Å². The van der Waals surface area contributed by atoms with Crippen LogP contribution in [0.3, 0.4) is 0 Å². The summed E-state index contributed by atoms with van der Waals surface area (Å²) in [6, 6.07) is 7.48. The smallest absolute Gasteiger partial charge is 0.255 e. The Hall–Kier alpha value is -2.14. The standard InChI is InChI=1S/C23H27BrN2O6S/c24-18-3-4-20(27)21(13-18)33(30,31)14-17-11-16(15-1-2-15)12-19(22(17)28)23(29)25-5-6-26-7-9-32-10-8-26/h3-4,11-13,15,27-28H,1-2,5-10,14H2,(H,25,29). The van der Waals surface area contributed by atoms with Crippen molar-refractivity contribution in [2.24, 2.45) is 0 Å². The van der Waals surface area contributed by atoms with Crippen LogP contribution >= 0.6 is 15.9 Å². The Kier molecular flexibility index (Phi) is 7.28. The Morgan fingerprint density at radius 2 is 1.88 bits per heavy atom. The first-order valence-electron chi connectivity index (χ1n) is 10.9. The number of rotatable bonds is 8. The third kappa shape index (κ3) is 5.87. The molecule has 1 aliphatic carbocycles. The van der Waals surface area contributed by atoms with Gasteiger partial charge in [-0.05, 0) is 48.6 Å². The second kappa shape index (κ2) is 10.0. The third-order valence-electron chi connectivity index (χ3n) is 5.92. The zero-order valence-electron chi connectivity index (χ0n) is 18.1. The number of morpholine rings is 1. The monoisotopic (exact) mass is 538 g/mol. The van der Waals surface area contributed by atoms with Gasteiger partial charge in [0.05, 0.1) is 24.5 Å². The van der Waals surface area contributed by atoms with E-state index in [2.05, 4.69) is 26.1 Å². The number of nitrogens with zero attached hydrogens (tertiary/aromatic N) is 1. The second-order valence-electron chi connectivity index (χ2n) is 8.43. The quantitative estimate of drug-likeness (QED) is 0.473. The number of benzene rings is 2. The van der Waals surface area contributed by atoms with E-state index in [4.69, 9.17) is 4.74 Å². The molecule has 2 aromatic carbocycles. The van der Waals surface area contributed by atoms with Crippen LogP contribution in [0.15, 0.2) is 39.7 Å². The molecule has 1 saturated heterocycles.